The predicted molar refractivity (Wildman–Crippen MR) is 79.4 cm³/mol. The van der Waals surface area contributed by atoms with Gasteiger partial charge in [-0.2, -0.15) is 0 Å². The number of hydrogen-bond donors (Lipinski definition) is 1. The standard InChI is InChI=1S/C15H16ClN3/c16-12-5-6-13(17)15(9-12)19-8-2-4-14(19)11-3-1-7-18-10-11/h1,3,5-7,9-10,14H,2,4,8,17H2. The van der Waals surface area contributed by atoms with Gasteiger partial charge in [-0.15, -0.1) is 0 Å². The molecule has 1 aliphatic rings. The average molecular weight is 274 g/mol. The molecule has 1 saturated heterocycles. The van der Waals surface area contributed by atoms with Gasteiger partial charge in [-0.1, -0.05) is 17.7 Å². The van der Waals surface area contributed by atoms with Crippen molar-refractivity contribution in [3.05, 3.63) is 53.3 Å². The molecule has 1 aromatic carbocycles. The van der Waals surface area contributed by atoms with E-state index in [1.807, 2.05) is 30.5 Å². The van der Waals surface area contributed by atoms with E-state index in [1.165, 1.54) is 5.56 Å². The molecule has 0 amide bonds. The monoisotopic (exact) mass is 273 g/mol. The van der Waals surface area contributed by atoms with Gasteiger partial charge < -0.3 is 10.6 Å². The van der Waals surface area contributed by atoms with Crippen LogP contribution in [0.4, 0.5) is 11.4 Å². The van der Waals surface area contributed by atoms with E-state index in [0.29, 0.717) is 6.04 Å². The lowest BCUT2D eigenvalue weighted by atomic mass is 10.1. The summed E-state index contributed by atoms with van der Waals surface area (Å²) in [6, 6.07) is 10.1. The Kier molecular flexibility index (Phi) is 3.30. The first kappa shape index (κ1) is 12.3. The molecular weight excluding hydrogens is 258 g/mol. The van der Waals surface area contributed by atoms with E-state index in [0.717, 1.165) is 35.8 Å². The molecule has 2 N–H and O–H groups in total. The quantitative estimate of drug-likeness (QED) is 0.849. The van der Waals surface area contributed by atoms with E-state index in [2.05, 4.69) is 16.0 Å². The molecule has 0 saturated carbocycles. The molecule has 0 radical (unpaired) electrons. The third kappa shape index (κ3) is 2.38. The summed E-state index contributed by atoms with van der Waals surface area (Å²) < 4.78 is 0. The Hall–Kier alpha value is -1.74. The van der Waals surface area contributed by atoms with Crippen molar-refractivity contribution in [2.75, 3.05) is 17.2 Å². The molecule has 98 valence electrons. The van der Waals surface area contributed by atoms with E-state index in [1.54, 1.807) is 6.20 Å². The van der Waals surface area contributed by atoms with Crippen LogP contribution >= 0.6 is 11.6 Å². The van der Waals surface area contributed by atoms with Crippen molar-refractivity contribution in [3.8, 4) is 0 Å². The second kappa shape index (κ2) is 5.10. The smallest absolute Gasteiger partial charge is 0.0620 e. The Balaban J connectivity index is 1.97. The lowest BCUT2D eigenvalue weighted by molar-refractivity contribution is 0.716. The molecule has 2 heterocycles. The molecule has 3 nitrogen and oxygen atoms in total. The number of aromatic nitrogens is 1. The van der Waals surface area contributed by atoms with Crippen LogP contribution in [0, 0.1) is 0 Å². The van der Waals surface area contributed by atoms with Crippen molar-refractivity contribution >= 4 is 23.0 Å². The number of nitrogens with zero attached hydrogens (tertiary/aromatic N) is 2. The second-order valence-corrected chi connectivity index (χ2v) is 5.28. The first-order valence-electron chi connectivity index (χ1n) is 6.47. The normalized spacial score (nSPS) is 18.8. The van der Waals surface area contributed by atoms with Gasteiger partial charge in [0.1, 0.15) is 0 Å². The highest BCUT2D eigenvalue weighted by Crippen LogP contribution is 2.39. The Morgan fingerprint density at radius 2 is 2.21 bits per heavy atom. The van der Waals surface area contributed by atoms with Gasteiger partial charge in [-0.25, -0.2) is 0 Å². The predicted octanol–water partition coefficient (Wildman–Crippen LogP) is 3.66. The lowest BCUT2D eigenvalue weighted by Gasteiger charge is -2.28. The van der Waals surface area contributed by atoms with Gasteiger partial charge in [0.2, 0.25) is 0 Å². The number of benzene rings is 1. The minimum absolute atomic E-state index is 0.342. The Morgan fingerprint density at radius 3 is 3.00 bits per heavy atom. The van der Waals surface area contributed by atoms with E-state index in [-0.39, 0.29) is 0 Å². The molecule has 1 unspecified atom stereocenters. The summed E-state index contributed by atoms with van der Waals surface area (Å²) in [5.41, 5.74) is 9.13. The molecule has 1 fully saturated rings. The van der Waals surface area contributed by atoms with Crippen molar-refractivity contribution in [1.82, 2.24) is 4.98 Å². The lowest BCUT2D eigenvalue weighted by Crippen LogP contribution is -2.23. The third-order valence-electron chi connectivity index (χ3n) is 3.62. The highest BCUT2D eigenvalue weighted by Gasteiger charge is 2.27. The van der Waals surface area contributed by atoms with Crippen LogP contribution in [-0.2, 0) is 0 Å². The molecule has 19 heavy (non-hydrogen) atoms. The number of halogens is 1. The first-order valence-corrected chi connectivity index (χ1v) is 6.85. The fraction of sp³-hybridized carbons (Fsp3) is 0.267. The van der Waals surface area contributed by atoms with Crippen LogP contribution in [0.25, 0.3) is 0 Å². The molecule has 0 aliphatic carbocycles. The Morgan fingerprint density at radius 1 is 1.32 bits per heavy atom. The molecule has 0 bridgehead atoms. The minimum atomic E-state index is 0.342. The Bertz CT molecular complexity index is 571. The van der Waals surface area contributed by atoms with Gasteiger partial charge in [0, 0.05) is 24.0 Å². The zero-order valence-electron chi connectivity index (χ0n) is 10.6. The molecule has 1 aliphatic heterocycles. The van der Waals surface area contributed by atoms with Gasteiger partial charge >= 0.3 is 0 Å². The van der Waals surface area contributed by atoms with Gasteiger partial charge in [0.25, 0.3) is 0 Å². The molecule has 1 atom stereocenters. The van der Waals surface area contributed by atoms with Crippen LogP contribution in [0.5, 0.6) is 0 Å². The summed E-state index contributed by atoms with van der Waals surface area (Å²) in [6.07, 6.45) is 6.02. The summed E-state index contributed by atoms with van der Waals surface area (Å²) >= 11 is 6.09. The van der Waals surface area contributed by atoms with Gasteiger partial charge in [0.05, 0.1) is 17.4 Å². The second-order valence-electron chi connectivity index (χ2n) is 4.84. The molecule has 2 aromatic rings. The average Bonchev–Trinajstić information content (AvgIpc) is 2.91. The zero-order valence-corrected chi connectivity index (χ0v) is 11.3. The minimum Gasteiger partial charge on any atom is -0.397 e. The van der Waals surface area contributed by atoms with Gasteiger partial charge in [0.15, 0.2) is 0 Å². The van der Waals surface area contributed by atoms with E-state index >= 15 is 0 Å². The fourth-order valence-corrected chi connectivity index (χ4v) is 2.91. The molecule has 3 rings (SSSR count). The number of rotatable bonds is 2. The summed E-state index contributed by atoms with van der Waals surface area (Å²) in [5, 5.41) is 0.723. The maximum atomic E-state index is 6.09. The van der Waals surface area contributed by atoms with Crippen molar-refractivity contribution in [2.45, 2.75) is 18.9 Å². The number of pyridine rings is 1. The van der Waals surface area contributed by atoms with Gasteiger partial charge in [-0.3, -0.25) is 4.98 Å². The van der Waals surface area contributed by atoms with E-state index < -0.39 is 0 Å². The molecule has 0 spiro atoms. The van der Waals surface area contributed by atoms with Crippen LogP contribution < -0.4 is 10.6 Å². The topological polar surface area (TPSA) is 42.1 Å². The number of nitrogen functional groups attached to an aromatic ring is 1. The number of anilines is 2. The fourth-order valence-electron chi connectivity index (χ4n) is 2.74. The summed E-state index contributed by atoms with van der Waals surface area (Å²) in [6.45, 7) is 1.00. The SMILES string of the molecule is Nc1ccc(Cl)cc1N1CCCC1c1cccnc1. The highest BCUT2D eigenvalue weighted by molar-refractivity contribution is 6.31. The van der Waals surface area contributed by atoms with Crippen molar-refractivity contribution < 1.29 is 0 Å². The largest absolute Gasteiger partial charge is 0.397 e. The van der Waals surface area contributed by atoms with Crippen LogP contribution in [0.1, 0.15) is 24.4 Å². The van der Waals surface area contributed by atoms with Crippen LogP contribution in [0.3, 0.4) is 0 Å². The molecule has 1 aromatic heterocycles. The first-order chi connectivity index (χ1) is 9.25. The maximum absolute atomic E-state index is 6.09. The summed E-state index contributed by atoms with van der Waals surface area (Å²) in [7, 11) is 0. The Labute approximate surface area is 118 Å². The third-order valence-corrected chi connectivity index (χ3v) is 3.86. The van der Waals surface area contributed by atoms with Crippen LogP contribution in [0.15, 0.2) is 42.7 Å². The highest BCUT2D eigenvalue weighted by atomic mass is 35.5. The van der Waals surface area contributed by atoms with Crippen molar-refractivity contribution in [3.63, 3.8) is 0 Å². The number of nitrogens with two attached hydrogens (primary N) is 1. The van der Waals surface area contributed by atoms with E-state index in [4.69, 9.17) is 17.3 Å². The summed E-state index contributed by atoms with van der Waals surface area (Å²) in [4.78, 5) is 6.54. The zero-order chi connectivity index (χ0) is 13.2. The van der Waals surface area contributed by atoms with Gasteiger partial charge in [-0.05, 0) is 42.7 Å². The molecular formula is C15H16ClN3. The maximum Gasteiger partial charge on any atom is 0.0620 e. The van der Waals surface area contributed by atoms with E-state index in [9.17, 15) is 0 Å². The summed E-state index contributed by atoms with van der Waals surface area (Å²) in [5.74, 6) is 0. The number of hydrogen-bond acceptors (Lipinski definition) is 3. The van der Waals surface area contributed by atoms with Crippen molar-refractivity contribution in [2.24, 2.45) is 0 Å². The van der Waals surface area contributed by atoms with Crippen molar-refractivity contribution in [1.29, 1.82) is 0 Å². The molecule has 4 heteroatoms. The van der Waals surface area contributed by atoms with Crippen LogP contribution in [0.2, 0.25) is 5.02 Å². The van der Waals surface area contributed by atoms with Crippen LogP contribution in [-0.4, -0.2) is 11.5 Å².